The van der Waals surface area contributed by atoms with Crippen LogP contribution in [-0.2, 0) is 23.8 Å². The summed E-state index contributed by atoms with van der Waals surface area (Å²) in [5.41, 5.74) is 0. The fourth-order valence-corrected chi connectivity index (χ4v) is 8.61. The van der Waals surface area contributed by atoms with Crippen molar-refractivity contribution in [1.82, 2.24) is 0 Å². The molecule has 414 valence electrons. The van der Waals surface area contributed by atoms with Gasteiger partial charge in [0.2, 0.25) is 0 Å². The minimum Gasteiger partial charge on any atom is -0.462 e. The monoisotopic (exact) mass is 1000 g/mol. The van der Waals surface area contributed by atoms with Gasteiger partial charge in [-0.15, -0.1) is 0 Å². The topological polar surface area (TPSA) is 61.8 Å². The Morgan fingerprint density at radius 2 is 0.625 bits per heavy atom. The van der Waals surface area contributed by atoms with Gasteiger partial charge in [-0.2, -0.15) is 0 Å². The highest BCUT2D eigenvalue weighted by atomic mass is 16.6. The van der Waals surface area contributed by atoms with E-state index >= 15 is 0 Å². The van der Waals surface area contributed by atoms with Gasteiger partial charge in [0, 0.05) is 19.4 Å². The van der Waals surface area contributed by atoms with E-state index in [0.29, 0.717) is 19.4 Å². The Kier molecular flexibility index (Phi) is 59.4. The molecular formula is C67H116O5. The second-order valence-electron chi connectivity index (χ2n) is 20.2. The number of carbonyl (C=O) groups is 2. The van der Waals surface area contributed by atoms with Crippen molar-refractivity contribution >= 4 is 11.9 Å². The minimum atomic E-state index is -0.557. The Hall–Kier alpha value is -3.18. The summed E-state index contributed by atoms with van der Waals surface area (Å²) >= 11 is 0. The van der Waals surface area contributed by atoms with E-state index in [-0.39, 0.29) is 25.2 Å². The summed E-state index contributed by atoms with van der Waals surface area (Å²) < 4.78 is 17.5. The van der Waals surface area contributed by atoms with Crippen molar-refractivity contribution in [3.8, 4) is 0 Å². The number of allylic oxidation sites excluding steroid dienone is 16. The molecule has 5 heteroatoms. The summed E-state index contributed by atoms with van der Waals surface area (Å²) in [7, 11) is 0. The average molecular weight is 1000 g/mol. The van der Waals surface area contributed by atoms with Crippen molar-refractivity contribution in [3.63, 3.8) is 0 Å². The first-order valence-corrected chi connectivity index (χ1v) is 30.8. The molecule has 0 aromatic rings. The van der Waals surface area contributed by atoms with Crippen molar-refractivity contribution in [3.05, 3.63) is 97.2 Å². The molecule has 0 N–H and O–H groups in total. The van der Waals surface area contributed by atoms with E-state index in [4.69, 9.17) is 14.2 Å². The maximum Gasteiger partial charge on any atom is 0.306 e. The number of carbonyl (C=O) groups excluding carboxylic acids is 2. The second-order valence-corrected chi connectivity index (χ2v) is 20.2. The van der Waals surface area contributed by atoms with E-state index in [2.05, 4.69) is 118 Å². The van der Waals surface area contributed by atoms with Crippen LogP contribution in [0, 0.1) is 0 Å². The molecule has 0 aliphatic carbocycles. The van der Waals surface area contributed by atoms with Crippen LogP contribution in [0.3, 0.4) is 0 Å². The van der Waals surface area contributed by atoms with Crippen molar-refractivity contribution in [2.45, 2.75) is 297 Å². The van der Waals surface area contributed by atoms with Gasteiger partial charge in [-0.3, -0.25) is 9.59 Å². The van der Waals surface area contributed by atoms with Crippen LogP contribution >= 0.6 is 0 Å². The van der Waals surface area contributed by atoms with Crippen LogP contribution in [0.4, 0.5) is 0 Å². The van der Waals surface area contributed by atoms with E-state index < -0.39 is 6.10 Å². The molecule has 0 heterocycles. The van der Waals surface area contributed by atoms with Crippen molar-refractivity contribution < 1.29 is 23.8 Å². The molecule has 0 aromatic carbocycles. The lowest BCUT2D eigenvalue weighted by Crippen LogP contribution is -2.30. The molecule has 0 aliphatic rings. The summed E-state index contributed by atoms with van der Waals surface area (Å²) in [6.45, 7) is 7.58. The van der Waals surface area contributed by atoms with Gasteiger partial charge in [0.25, 0.3) is 0 Å². The van der Waals surface area contributed by atoms with E-state index in [1.165, 1.54) is 148 Å². The van der Waals surface area contributed by atoms with Gasteiger partial charge in [0.05, 0.1) is 6.61 Å². The molecule has 0 amide bonds. The second kappa shape index (κ2) is 62.1. The lowest BCUT2D eigenvalue weighted by molar-refractivity contribution is -0.163. The zero-order chi connectivity index (χ0) is 52.0. The molecular weight excluding hydrogens is 885 g/mol. The molecule has 0 bridgehead atoms. The molecule has 1 atom stereocenters. The summed E-state index contributed by atoms with van der Waals surface area (Å²) in [6.07, 6.45) is 84.4. The summed E-state index contributed by atoms with van der Waals surface area (Å²) in [5.74, 6) is -0.415. The first kappa shape index (κ1) is 68.8. The van der Waals surface area contributed by atoms with Crippen LogP contribution in [0.5, 0.6) is 0 Å². The smallest absolute Gasteiger partial charge is 0.306 e. The number of hydrogen-bond donors (Lipinski definition) is 0. The molecule has 0 fully saturated rings. The van der Waals surface area contributed by atoms with Gasteiger partial charge in [-0.25, -0.2) is 0 Å². The van der Waals surface area contributed by atoms with Gasteiger partial charge in [0.1, 0.15) is 6.61 Å². The van der Waals surface area contributed by atoms with Gasteiger partial charge in [-0.1, -0.05) is 279 Å². The molecule has 0 spiro atoms. The van der Waals surface area contributed by atoms with Gasteiger partial charge < -0.3 is 14.2 Å². The molecule has 0 aliphatic heterocycles. The van der Waals surface area contributed by atoms with Crippen LogP contribution in [-0.4, -0.2) is 37.9 Å². The zero-order valence-electron chi connectivity index (χ0n) is 47.7. The standard InChI is InChI=1S/C67H116O5/c1-4-7-10-13-16-19-22-25-28-31-34-36-39-42-45-48-51-54-57-60-66(68)71-64-65(63-70-62-59-56-53-50-47-44-41-38-33-30-27-24-21-18-15-12-9-6-3)72-67(69)61-58-55-52-49-46-43-40-37-35-32-29-26-23-20-17-14-11-8-5-2/h7,9-10,12,16,18-19,21,25,27-28,30,34,36,38,41,65H,4-6,8,11,13-15,17,20,22-24,26,29,31-33,35,37,39-40,42-64H2,1-3H3/b10-7-,12-9-,19-16-,21-18-,28-25-,30-27-,36-34-,41-38-. The average Bonchev–Trinajstić information content (AvgIpc) is 3.38. The normalized spacial score (nSPS) is 12.9. The molecule has 0 rings (SSSR count). The fourth-order valence-electron chi connectivity index (χ4n) is 8.61. The SMILES string of the molecule is CC/C=C\C/C=C\C/C=C\C/C=C\CCCCCCCCC(=O)OCC(COCCCCCCC/C=C\C/C=C\C/C=C\C/C=C\CC)OC(=O)CCCCCCCCCCCCCCCCCCCCC. The zero-order valence-corrected chi connectivity index (χ0v) is 47.7. The number of ether oxygens (including phenoxy) is 3. The van der Waals surface area contributed by atoms with Crippen LogP contribution in [0.25, 0.3) is 0 Å². The van der Waals surface area contributed by atoms with E-state index in [0.717, 1.165) is 109 Å². The Labute approximate surface area is 447 Å². The largest absolute Gasteiger partial charge is 0.462 e. The third-order valence-corrected chi connectivity index (χ3v) is 13.1. The third kappa shape index (κ3) is 59.4. The summed E-state index contributed by atoms with van der Waals surface area (Å²) in [4.78, 5) is 25.6. The van der Waals surface area contributed by atoms with Crippen LogP contribution < -0.4 is 0 Å². The Morgan fingerprint density at radius 1 is 0.319 bits per heavy atom. The first-order valence-electron chi connectivity index (χ1n) is 30.8. The maximum absolute atomic E-state index is 12.9. The molecule has 0 aromatic heterocycles. The maximum atomic E-state index is 12.9. The highest BCUT2D eigenvalue weighted by molar-refractivity contribution is 5.70. The van der Waals surface area contributed by atoms with Gasteiger partial charge in [0.15, 0.2) is 6.10 Å². The van der Waals surface area contributed by atoms with Crippen molar-refractivity contribution in [2.24, 2.45) is 0 Å². The Bertz CT molecular complexity index is 1360. The highest BCUT2D eigenvalue weighted by Gasteiger charge is 2.17. The van der Waals surface area contributed by atoms with Crippen LogP contribution in [0.2, 0.25) is 0 Å². The molecule has 0 saturated heterocycles. The van der Waals surface area contributed by atoms with Crippen LogP contribution in [0.15, 0.2) is 97.2 Å². The first-order chi connectivity index (χ1) is 35.6. The highest BCUT2D eigenvalue weighted by Crippen LogP contribution is 2.16. The predicted octanol–water partition coefficient (Wildman–Crippen LogP) is 21.4. The number of rotatable bonds is 56. The number of unbranched alkanes of at least 4 members (excludes halogenated alkanes) is 29. The molecule has 0 saturated carbocycles. The van der Waals surface area contributed by atoms with E-state index in [1.807, 2.05) is 0 Å². The third-order valence-electron chi connectivity index (χ3n) is 13.1. The van der Waals surface area contributed by atoms with Crippen LogP contribution in [0.1, 0.15) is 290 Å². The minimum absolute atomic E-state index is 0.0678. The number of esters is 2. The molecule has 0 radical (unpaired) electrons. The lowest BCUT2D eigenvalue weighted by atomic mass is 10.0. The fraction of sp³-hybridized carbons (Fsp3) is 0.731. The van der Waals surface area contributed by atoms with Gasteiger partial charge in [-0.05, 0) is 96.3 Å². The summed E-state index contributed by atoms with van der Waals surface area (Å²) in [5, 5.41) is 0. The predicted molar refractivity (Wildman–Crippen MR) is 316 cm³/mol. The molecule has 5 nitrogen and oxygen atoms in total. The Morgan fingerprint density at radius 3 is 1.00 bits per heavy atom. The van der Waals surface area contributed by atoms with E-state index in [1.54, 1.807) is 0 Å². The van der Waals surface area contributed by atoms with Gasteiger partial charge >= 0.3 is 11.9 Å². The lowest BCUT2D eigenvalue weighted by Gasteiger charge is -2.18. The quantitative estimate of drug-likeness (QED) is 0.0345. The Balaban J connectivity index is 4.33. The van der Waals surface area contributed by atoms with Crippen molar-refractivity contribution in [2.75, 3.05) is 19.8 Å². The van der Waals surface area contributed by atoms with E-state index in [9.17, 15) is 9.59 Å². The summed E-state index contributed by atoms with van der Waals surface area (Å²) in [6, 6.07) is 0. The molecule has 72 heavy (non-hydrogen) atoms. The number of hydrogen-bond acceptors (Lipinski definition) is 5. The molecule has 1 unspecified atom stereocenters. The van der Waals surface area contributed by atoms with Crippen molar-refractivity contribution in [1.29, 1.82) is 0 Å².